The Morgan fingerprint density at radius 2 is 2.10 bits per heavy atom. The van der Waals surface area contributed by atoms with E-state index in [1.807, 2.05) is 23.6 Å². The molecule has 21 heavy (non-hydrogen) atoms. The van der Waals surface area contributed by atoms with Crippen LogP contribution in [0.2, 0.25) is 0 Å². The Morgan fingerprint density at radius 3 is 2.86 bits per heavy atom. The third kappa shape index (κ3) is 3.55. The van der Waals surface area contributed by atoms with E-state index >= 15 is 0 Å². The lowest BCUT2D eigenvalue weighted by Crippen LogP contribution is -2.41. The van der Waals surface area contributed by atoms with Gasteiger partial charge >= 0.3 is 6.03 Å². The molecule has 0 aliphatic carbocycles. The van der Waals surface area contributed by atoms with Gasteiger partial charge in [-0.25, -0.2) is 4.79 Å². The fourth-order valence-corrected chi connectivity index (χ4v) is 3.34. The molecule has 1 atom stereocenters. The summed E-state index contributed by atoms with van der Waals surface area (Å²) in [6, 6.07) is 14.5. The van der Waals surface area contributed by atoms with Crippen LogP contribution in [0.5, 0.6) is 0 Å². The van der Waals surface area contributed by atoms with Crippen LogP contribution in [0.1, 0.15) is 12.8 Å². The van der Waals surface area contributed by atoms with Crippen LogP contribution in [-0.4, -0.2) is 25.2 Å². The molecule has 2 aromatic rings. The number of anilines is 2. The molecule has 5 heteroatoms. The molecule has 0 bridgehead atoms. The predicted molar refractivity (Wildman–Crippen MR) is 88.2 cm³/mol. The third-order valence-corrected chi connectivity index (χ3v) is 4.51. The zero-order valence-electron chi connectivity index (χ0n) is 11.8. The van der Waals surface area contributed by atoms with Crippen molar-refractivity contribution in [3.05, 3.63) is 47.8 Å². The first kappa shape index (κ1) is 13.9. The van der Waals surface area contributed by atoms with Crippen LogP contribution in [-0.2, 0) is 0 Å². The maximum Gasteiger partial charge on any atom is 0.319 e. The molecule has 110 valence electrons. The van der Waals surface area contributed by atoms with E-state index in [9.17, 15) is 4.79 Å². The van der Waals surface area contributed by atoms with Crippen LogP contribution < -0.4 is 15.5 Å². The van der Waals surface area contributed by atoms with Crippen molar-refractivity contribution in [1.29, 1.82) is 0 Å². The van der Waals surface area contributed by atoms with Gasteiger partial charge in [0, 0.05) is 24.8 Å². The summed E-state index contributed by atoms with van der Waals surface area (Å²) in [6.45, 7) is 1.73. The Labute approximate surface area is 128 Å². The van der Waals surface area contributed by atoms with Crippen LogP contribution in [0, 0.1) is 0 Å². The Kier molecular flexibility index (Phi) is 4.40. The molecule has 2 N–H and O–H groups in total. The van der Waals surface area contributed by atoms with Gasteiger partial charge in [-0.15, -0.1) is 11.3 Å². The number of urea groups is 1. The SMILES string of the molecule is O=C(NC[C@H]1CCCN1c1ccccc1)Nc1cccs1. The van der Waals surface area contributed by atoms with E-state index in [0.717, 1.165) is 18.0 Å². The van der Waals surface area contributed by atoms with Crippen molar-refractivity contribution in [2.45, 2.75) is 18.9 Å². The highest BCUT2D eigenvalue weighted by atomic mass is 32.1. The lowest BCUT2D eigenvalue weighted by molar-refractivity contribution is 0.251. The minimum absolute atomic E-state index is 0.127. The lowest BCUT2D eigenvalue weighted by atomic mass is 10.2. The van der Waals surface area contributed by atoms with E-state index in [-0.39, 0.29) is 6.03 Å². The first-order valence-electron chi connectivity index (χ1n) is 7.23. The summed E-state index contributed by atoms with van der Waals surface area (Å²) in [4.78, 5) is 14.3. The van der Waals surface area contributed by atoms with Gasteiger partial charge in [-0.05, 0) is 42.5 Å². The fraction of sp³-hybridized carbons (Fsp3) is 0.312. The number of hydrogen-bond donors (Lipinski definition) is 2. The van der Waals surface area contributed by atoms with Crippen LogP contribution in [0.4, 0.5) is 15.5 Å². The number of hydrogen-bond acceptors (Lipinski definition) is 3. The summed E-state index contributed by atoms with van der Waals surface area (Å²) in [7, 11) is 0. The average molecular weight is 301 g/mol. The van der Waals surface area contributed by atoms with Gasteiger partial charge in [0.05, 0.1) is 5.00 Å². The molecular formula is C16H19N3OS. The predicted octanol–water partition coefficient (Wildman–Crippen LogP) is 3.54. The molecule has 0 spiro atoms. The number of nitrogens with one attached hydrogen (secondary N) is 2. The van der Waals surface area contributed by atoms with Gasteiger partial charge in [0.2, 0.25) is 0 Å². The zero-order chi connectivity index (χ0) is 14.5. The number of para-hydroxylation sites is 1. The van der Waals surface area contributed by atoms with E-state index in [4.69, 9.17) is 0 Å². The molecule has 1 aliphatic heterocycles. The number of carbonyl (C=O) groups is 1. The quantitative estimate of drug-likeness (QED) is 0.907. The maximum absolute atomic E-state index is 11.9. The average Bonchev–Trinajstić information content (AvgIpc) is 3.17. The molecule has 0 saturated carbocycles. The van der Waals surface area contributed by atoms with Crippen LogP contribution in [0.25, 0.3) is 0 Å². The number of amides is 2. The lowest BCUT2D eigenvalue weighted by Gasteiger charge is -2.27. The summed E-state index contributed by atoms with van der Waals surface area (Å²) < 4.78 is 0. The summed E-state index contributed by atoms with van der Waals surface area (Å²) in [6.07, 6.45) is 2.29. The van der Waals surface area contributed by atoms with Gasteiger partial charge in [0.25, 0.3) is 0 Å². The first-order chi connectivity index (χ1) is 10.3. The highest BCUT2D eigenvalue weighted by molar-refractivity contribution is 7.14. The van der Waals surface area contributed by atoms with Gasteiger partial charge in [-0.2, -0.15) is 0 Å². The highest BCUT2D eigenvalue weighted by Crippen LogP contribution is 2.24. The van der Waals surface area contributed by atoms with E-state index in [1.54, 1.807) is 0 Å². The fourth-order valence-electron chi connectivity index (χ4n) is 2.72. The largest absolute Gasteiger partial charge is 0.367 e. The van der Waals surface area contributed by atoms with Crippen molar-refractivity contribution in [3.8, 4) is 0 Å². The van der Waals surface area contributed by atoms with Crippen molar-refractivity contribution in [3.63, 3.8) is 0 Å². The molecular weight excluding hydrogens is 282 g/mol. The normalized spacial score (nSPS) is 17.7. The van der Waals surface area contributed by atoms with Crippen molar-refractivity contribution in [1.82, 2.24) is 5.32 Å². The Balaban J connectivity index is 1.53. The molecule has 4 nitrogen and oxygen atoms in total. The van der Waals surface area contributed by atoms with Crippen molar-refractivity contribution < 1.29 is 4.79 Å². The molecule has 1 aromatic heterocycles. The minimum atomic E-state index is -0.127. The second-order valence-electron chi connectivity index (χ2n) is 5.14. The summed E-state index contributed by atoms with van der Waals surface area (Å²) in [5.41, 5.74) is 1.24. The standard InChI is InChI=1S/C16H19N3OS/c20-16(18-15-9-5-11-21-15)17-12-14-8-4-10-19(14)13-6-2-1-3-7-13/h1-3,5-7,9,11,14H,4,8,10,12H2,(H2,17,18,20)/t14-/m1/s1. The van der Waals surface area contributed by atoms with Gasteiger partial charge in [-0.1, -0.05) is 18.2 Å². The summed E-state index contributed by atoms with van der Waals surface area (Å²) >= 11 is 1.52. The minimum Gasteiger partial charge on any atom is -0.367 e. The third-order valence-electron chi connectivity index (χ3n) is 3.72. The Hall–Kier alpha value is -2.01. The van der Waals surface area contributed by atoms with Crippen molar-refractivity contribution in [2.24, 2.45) is 0 Å². The number of carbonyl (C=O) groups excluding carboxylic acids is 1. The molecule has 0 radical (unpaired) electrons. The topological polar surface area (TPSA) is 44.4 Å². The second-order valence-corrected chi connectivity index (χ2v) is 6.09. The number of thiophene rings is 1. The Bertz CT molecular complexity index is 570. The van der Waals surface area contributed by atoms with E-state index in [2.05, 4.69) is 39.8 Å². The molecule has 2 amide bonds. The van der Waals surface area contributed by atoms with Gasteiger partial charge in [0.1, 0.15) is 0 Å². The molecule has 1 aromatic carbocycles. The van der Waals surface area contributed by atoms with E-state index in [0.29, 0.717) is 12.6 Å². The monoisotopic (exact) mass is 301 g/mol. The van der Waals surface area contributed by atoms with Crippen LogP contribution >= 0.6 is 11.3 Å². The molecule has 1 fully saturated rings. The van der Waals surface area contributed by atoms with E-state index < -0.39 is 0 Å². The Morgan fingerprint density at radius 1 is 1.24 bits per heavy atom. The highest BCUT2D eigenvalue weighted by Gasteiger charge is 2.24. The molecule has 0 unspecified atom stereocenters. The van der Waals surface area contributed by atoms with Gasteiger partial charge < -0.3 is 10.2 Å². The molecule has 2 heterocycles. The summed E-state index contributed by atoms with van der Waals surface area (Å²) in [5.74, 6) is 0. The number of nitrogens with zero attached hydrogens (tertiary/aromatic N) is 1. The molecule has 1 aliphatic rings. The summed E-state index contributed by atoms with van der Waals surface area (Å²) in [5, 5.41) is 8.65. The van der Waals surface area contributed by atoms with Crippen molar-refractivity contribution in [2.75, 3.05) is 23.3 Å². The first-order valence-corrected chi connectivity index (χ1v) is 8.11. The second kappa shape index (κ2) is 6.63. The van der Waals surface area contributed by atoms with Gasteiger partial charge in [-0.3, -0.25) is 5.32 Å². The molecule has 3 rings (SSSR count). The van der Waals surface area contributed by atoms with Crippen LogP contribution in [0.3, 0.4) is 0 Å². The van der Waals surface area contributed by atoms with E-state index in [1.165, 1.54) is 23.4 Å². The van der Waals surface area contributed by atoms with Gasteiger partial charge in [0.15, 0.2) is 0 Å². The maximum atomic E-state index is 11.9. The number of benzene rings is 1. The smallest absolute Gasteiger partial charge is 0.319 e. The zero-order valence-corrected chi connectivity index (χ0v) is 12.6. The van der Waals surface area contributed by atoms with Crippen molar-refractivity contribution >= 4 is 28.1 Å². The molecule has 1 saturated heterocycles. The van der Waals surface area contributed by atoms with Crippen LogP contribution in [0.15, 0.2) is 47.8 Å². The number of rotatable bonds is 4.